The molecule has 0 saturated carbocycles. The third-order valence-electron chi connectivity index (χ3n) is 6.46. The van der Waals surface area contributed by atoms with Crippen LogP contribution < -0.4 is 20.9 Å². The van der Waals surface area contributed by atoms with Gasteiger partial charge in [0.2, 0.25) is 5.91 Å². The third kappa shape index (κ3) is 6.24. The van der Waals surface area contributed by atoms with E-state index in [0.717, 1.165) is 25.9 Å². The topological polar surface area (TPSA) is 121 Å². The molecule has 2 fully saturated rings. The van der Waals surface area contributed by atoms with Gasteiger partial charge >= 0.3 is 0 Å². The minimum absolute atomic E-state index is 0.0584. The Morgan fingerprint density at radius 2 is 2.11 bits per heavy atom. The van der Waals surface area contributed by atoms with Crippen LogP contribution >= 0.6 is 11.6 Å². The number of amides is 1. The van der Waals surface area contributed by atoms with Crippen molar-refractivity contribution in [3.8, 4) is 5.75 Å². The van der Waals surface area contributed by atoms with E-state index in [1.807, 2.05) is 0 Å². The van der Waals surface area contributed by atoms with Gasteiger partial charge in [-0.25, -0.2) is 9.37 Å². The zero-order valence-electron chi connectivity index (χ0n) is 20.1. The molecular weight excluding hydrogens is 503 g/mol. The van der Waals surface area contributed by atoms with E-state index in [-0.39, 0.29) is 54.5 Å². The van der Waals surface area contributed by atoms with Crippen molar-refractivity contribution in [3.63, 3.8) is 0 Å². The first-order valence-corrected chi connectivity index (χ1v) is 12.7. The molecule has 2 saturated heterocycles. The predicted molar refractivity (Wildman–Crippen MR) is 134 cm³/mol. The lowest BCUT2D eigenvalue weighted by Crippen LogP contribution is -2.42. The first-order valence-electron chi connectivity index (χ1n) is 12.3. The number of likely N-dealkylation sites (tertiary alicyclic amines) is 1. The lowest BCUT2D eigenvalue weighted by molar-refractivity contribution is -0.126. The number of aromatic amines is 1. The Kier molecular flexibility index (Phi) is 7.94. The molecule has 0 aliphatic carbocycles. The number of H-pyrrole nitrogens is 1. The van der Waals surface area contributed by atoms with Gasteiger partial charge in [-0.1, -0.05) is 11.6 Å². The molecule has 196 valence electrons. The van der Waals surface area contributed by atoms with Crippen molar-refractivity contribution in [2.75, 3.05) is 19.6 Å². The molecule has 2 atom stereocenters. The van der Waals surface area contributed by atoms with Gasteiger partial charge < -0.3 is 25.1 Å². The number of fused-ring (bicyclic) bond motifs is 1. The summed E-state index contributed by atoms with van der Waals surface area (Å²) < 4.78 is 25.0. The number of rotatable bonds is 9. The molecule has 1 amide bonds. The van der Waals surface area contributed by atoms with Crippen LogP contribution in [0.25, 0.3) is 10.9 Å². The smallest absolute Gasteiger partial charge is 0.258 e. The summed E-state index contributed by atoms with van der Waals surface area (Å²) in [7, 11) is 0. The van der Waals surface area contributed by atoms with Crippen molar-refractivity contribution in [1.82, 2.24) is 30.5 Å². The summed E-state index contributed by atoms with van der Waals surface area (Å²) in [5.41, 5.74) is 0.587. The Bertz CT molecular complexity index is 1330. The Balaban J connectivity index is 1.17. The van der Waals surface area contributed by atoms with E-state index in [0.29, 0.717) is 22.3 Å². The van der Waals surface area contributed by atoms with Gasteiger partial charge in [-0.3, -0.25) is 19.5 Å². The van der Waals surface area contributed by atoms with Crippen LogP contribution in [0.15, 0.2) is 35.3 Å². The molecule has 4 heterocycles. The monoisotopic (exact) mass is 530 g/mol. The van der Waals surface area contributed by atoms with E-state index >= 15 is 0 Å². The highest BCUT2D eigenvalue weighted by molar-refractivity contribution is 6.30. The molecule has 10 nitrogen and oxygen atoms in total. The van der Waals surface area contributed by atoms with Crippen LogP contribution in [0.1, 0.15) is 37.2 Å². The molecule has 5 rings (SSSR count). The van der Waals surface area contributed by atoms with Crippen LogP contribution in [0.2, 0.25) is 5.02 Å². The van der Waals surface area contributed by atoms with Gasteiger partial charge in [-0.15, -0.1) is 0 Å². The highest BCUT2D eigenvalue weighted by atomic mass is 35.5. The van der Waals surface area contributed by atoms with Gasteiger partial charge in [0, 0.05) is 31.9 Å². The average Bonchev–Trinajstić information content (AvgIpc) is 3.57. The largest absolute Gasteiger partial charge is 0.486 e. The molecule has 2 aliphatic heterocycles. The molecule has 0 radical (unpaired) electrons. The van der Waals surface area contributed by atoms with Crippen molar-refractivity contribution in [1.29, 1.82) is 0 Å². The summed E-state index contributed by atoms with van der Waals surface area (Å²) in [4.78, 5) is 38.9. The summed E-state index contributed by atoms with van der Waals surface area (Å²) in [5, 5.41) is 6.30. The number of benzene rings is 1. The normalized spacial score (nSPS) is 19.9. The number of carbonyl (C=O) groups excluding carboxylic acids is 1. The molecule has 3 N–H and O–H groups in total. The zero-order valence-corrected chi connectivity index (χ0v) is 20.9. The SMILES string of the molecule is O=C(CNCc1nccc2c(=O)[nH]c(COc3ccc(F)c(Cl)c3)nc12)N[C@H]1CC[C@H](N2CCCC2)O1. The van der Waals surface area contributed by atoms with Gasteiger partial charge in [-0.05, 0) is 43.9 Å². The molecular formula is C25H28ClFN6O4. The molecule has 1 aromatic carbocycles. The molecule has 2 aliphatic rings. The quantitative estimate of drug-likeness (QED) is 0.386. The fourth-order valence-electron chi connectivity index (χ4n) is 4.63. The number of carbonyl (C=O) groups is 1. The Labute approximate surface area is 217 Å². The molecule has 0 unspecified atom stereocenters. The number of nitrogens with one attached hydrogen (secondary N) is 3. The highest BCUT2D eigenvalue weighted by Gasteiger charge is 2.31. The second kappa shape index (κ2) is 11.5. The summed E-state index contributed by atoms with van der Waals surface area (Å²) in [6, 6.07) is 5.56. The molecule has 0 bridgehead atoms. The molecule has 3 aromatic rings. The fourth-order valence-corrected chi connectivity index (χ4v) is 4.80. The van der Waals surface area contributed by atoms with Gasteiger partial charge in [0.1, 0.15) is 42.0 Å². The number of hydrogen-bond acceptors (Lipinski definition) is 8. The first-order chi connectivity index (χ1) is 18.0. The van der Waals surface area contributed by atoms with Crippen LogP contribution in [-0.4, -0.2) is 57.8 Å². The summed E-state index contributed by atoms with van der Waals surface area (Å²) in [6.45, 7) is 2.34. The van der Waals surface area contributed by atoms with Crippen LogP contribution in [-0.2, 0) is 22.7 Å². The molecule has 37 heavy (non-hydrogen) atoms. The van der Waals surface area contributed by atoms with Crippen LogP contribution in [0.4, 0.5) is 4.39 Å². The second-order valence-electron chi connectivity index (χ2n) is 9.10. The van der Waals surface area contributed by atoms with E-state index < -0.39 is 5.82 Å². The second-order valence-corrected chi connectivity index (χ2v) is 9.51. The minimum Gasteiger partial charge on any atom is -0.486 e. The maximum absolute atomic E-state index is 13.4. The number of ether oxygens (including phenoxy) is 2. The summed E-state index contributed by atoms with van der Waals surface area (Å²) >= 11 is 5.79. The zero-order chi connectivity index (χ0) is 25.8. The van der Waals surface area contributed by atoms with E-state index in [2.05, 4.69) is 30.5 Å². The lowest BCUT2D eigenvalue weighted by Gasteiger charge is -2.23. The summed E-state index contributed by atoms with van der Waals surface area (Å²) in [5.74, 6) is -0.113. The van der Waals surface area contributed by atoms with Crippen molar-refractivity contribution >= 4 is 28.4 Å². The maximum atomic E-state index is 13.4. The minimum atomic E-state index is -0.551. The van der Waals surface area contributed by atoms with Crippen LogP contribution in [0.5, 0.6) is 5.75 Å². The van der Waals surface area contributed by atoms with Crippen LogP contribution in [0, 0.1) is 5.82 Å². The Morgan fingerprint density at radius 1 is 1.27 bits per heavy atom. The lowest BCUT2D eigenvalue weighted by atomic mass is 10.2. The first kappa shape index (κ1) is 25.5. The average molecular weight is 531 g/mol. The standard InChI is InChI=1S/C25H28ClFN6O4/c26-17-11-15(3-4-18(17)27)36-14-20-30-24-16(25(35)31-20)7-8-29-19(24)12-28-13-21(34)32-22-5-6-23(37-22)33-9-1-2-10-33/h3-4,7-8,11,22-23,28H,1-2,5-6,9-10,12-14H2,(H,32,34)(H,30,31,35)/t22-,23-/m1/s1. The highest BCUT2D eigenvalue weighted by Crippen LogP contribution is 2.24. The number of aromatic nitrogens is 3. The van der Waals surface area contributed by atoms with Gasteiger partial charge in [-0.2, -0.15) is 0 Å². The Morgan fingerprint density at radius 3 is 2.92 bits per heavy atom. The number of hydrogen-bond donors (Lipinski definition) is 3. The van der Waals surface area contributed by atoms with E-state index in [9.17, 15) is 14.0 Å². The van der Waals surface area contributed by atoms with Crippen molar-refractivity contribution in [2.45, 2.75) is 51.3 Å². The number of nitrogens with zero attached hydrogens (tertiary/aromatic N) is 3. The van der Waals surface area contributed by atoms with Gasteiger partial charge in [0.25, 0.3) is 5.56 Å². The van der Waals surface area contributed by atoms with Crippen molar-refractivity contribution < 1.29 is 18.7 Å². The number of pyridine rings is 1. The van der Waals surface area contributed by atoms with E-state index in [4.69, 9.17) is 21.1 Å². The maximum Gasteiger partial charge on any atom is 0.258 e. The van der Waals surface area contributed by atoms with Gasteiger partial charge in [0.05, 0.1) is 22.6 Å². The Hall–Kier alpha value is -3.12. The molecule has 0 spiro atoms. The molecule has 2 aromatic heterocycles. The fraction of sp³-hybridized carbons (Fsp3) is 0.440. The van der Waals surface area contributed by atoms with Gasteiger partial charge in [0.15, 0.2) is 0 Å². The summed E-state index contributed by atoms with van der Waals surface area (Å²) in [6.07, 6.45) is 5.43. The van der Waals surface area contributed by atoms with Crippen molar-refractivity contribution in [2.24, 2.45) is 0 Å². The van der Waals surface area contributed by atoms with E-state index in [1.54, 1.807) is 6.07 Å². The van der Waals surface area contributed by atoms with E-state index in [1.165, 1.54) is 37.2 Å². The third-order valence-corrected chi connectivity index (χ3v) is 6.75. The van der Waals surface area contributed by atoms with Crippen molar-refractivity contribution in [3.05, 3.63) is 63.2 Å². The number of halogens is 2. The van der Waals surface area contributed by atoms with Crippen LogP contribution in [0.3, 0.4) is 0 Å². The molecule has 12 heteroatoms. The predicted octanol–water partition coefficient (Wildman–Crippen LogP) is 2.45.